The van der Waals surface area contributed by atoms with E-state index in [0.717, 1.165) is 45.0 Å². The summed E-state index contributed by atoms with van der Waals surface area (Å²) in [6, 6.07) is 50.9. The Morgan fingerprint density at radius 3 is 1.78 bits per heavy atom. The smallest absolute Gasteiger partial charge is 0.157 e. The lowest BCUT2D eigenvalue weighted by molar-refractivity contribution is 0.672. The molecule has 54 heavy (non-hydrogen) atoms. The number of hydrogen-bond acceptors (Lipinski definition) is 4. The summed E-state index contributed by atoms with van der Waals surface area (Å²) >= 11 is 3.71. The van der Waals surface area contributed by atoms with E-state index in [1.165, 1.54) is 51.5 Å². The van der Waals surface area contributed by atoms with Gasteiger partial charge >= 0.3 is 0 Å². The minimum atomic E-state index is 0.186. The van der Waals surface area contributed by atoms with E-state index in [1.807, 2.05) is 22.7 Å². The molecule has 3 aromatic heterocycles. The highest BCUT2D eigenvalue weighted by Crippen LogP contribution is 2.43. The molecule has 0 spiro atoms. The Bertz CT molecular complexity index is 3070. The average molecular weight is 725 g/mol. The number of rotatable bonds is 5. The van der Waals surface area contributed by atoms with Gasteiger partial charge in [0, 0.05) is 68.9 Å². The van der Waals surface area contributed by atoms with Crippen LogP contribution in [-0.4, -0.2) is 9.97 Å². The lowest BCUT2D eigenvalue weighted by atomic mass is 9.79. The zero-order valence-corrected chi connectivity index (χ0v) is 30.8. The third-order valence-electron chi connectivity index (χ3n) is 10.9. The summed E-state index contributed by atoms with van der Waals surface area (Å²) in [7, 11) is 0. The average Bonchev–Trinajstić information content (AvgIpc) is 3.81. The van der Waals surface area contributed by atoms with Gasteiger partial charge in [0.05, 0.1) is 11.4 Å². The molecule has 0 fully saturated rings. The predicted octanol–water partition coefficient (Wildman–Crippen LogP) is 14.2. The highest BCUT2D eigenvalue weighted by atomic mass is 32.1. The van der Waals surface area contributed by atoms with E-state index in [-0.39, 0.29) is 11.8 Å². The van der Waals surface area contributed by atoms with Crippen LogP contribution in [0.2, 0.25) is 0 Å². The van der Waals surface area contributed by atoms with Gasteiger partial charge in [-0.25, -0.2) is 9.97 Å². The number of thiophene rings is 2. The summed E-state index contributed by atoms with van der Waals surface area (Å²) in [6.07, 6.45) is 15.5. The van der Waals surface area contributed by atoms with Crippen LogP contribution in [0.15, 0.2) is 182 Å². The van der Waals surface area contributed by atoms with Crippen molar-refractivity contribution in [3.8, 4) is 44.8 Å². The molecule has 2 atom stereocenters. The maximum absolute atomic E-state index is 5.48. The Labute approximate surface area is 321 Å². The molecule has 0 amide bonds. The molecule has 6 aromatic carbocycles. The first kappa shape index (κ1) is 31.3. The van der Waals surface area contributed by atoms with Crippen LogP contribution in [0.1, 0.15) is 5.82 Å². The van der Waals surface area contributed by atoms with Crippen molar-refractivity contribution in [2.24, 2.45) is 11.8 Å². The number of benzene rings is 6. The van der Waals surface area contributed by atoms with Gasteiger partial charge in [-0.05, 0) is 70.8 Å². The van der Waals surface area contributed by atoms with Crippen LogP contribution >= 0.6 is 22.7 Å². The maximum atomic E-state index is 5.48. The van der Waals surface area contributed by atoms with Gasteiger partial charge in [-0.2, -0.15) is 0 Å². The van der Waals surface area contributed by atoms with Gasteiger partial charge in [-0.1, -0.05) is 134 Å². The summed E-state index contributed by atoms with van der Waals surface area (Å²) in [5.74, 6) is 1.25. The number of hydrogen-bond donors (Lipinski definition) is 0. The van der Waals surface area contributed by atoms with E-state index >= 15 is 0 Å². The van der Waals surface area contributed by atoms with Gasteiger partial charge < -0.3 is 0 Å². The molecule has 0 aliphatic heterocycles. The Morgan fingerprint density at radius 2 is 1.00 bits per heavy atom. The van der Waals surface area contributed by atoms with Crippen molar-refractivity contribution in [3.05, 3.63) is 188 Å². The normalized spacial score (nSPS) is 16.4. The van der Waals surface area contributed by atoms with Crippen molar-refractivity contribution >= 4 is 68.6 Å². The first-order valence-electron chi connectivity index (χ1n) is 18.4. The fraction of sp³-hybridized carbons (Fsp3) is 0.0400. The number of aromatic nitrogens is 2. The number of nitrogens with zero attached hydrogens (tertiary/aromatic N) is 2. The van der Waals surface area contributed by atoms with Crippen LogP contribution in [-0.2, 0) is 0 Å². The van der Waals surface area contributed by atoms with Gasteiger partial charge in [0.15, 0.2) is 5.82 Å². The second kappa shape index (κ2) is 12.7. The standard InChI is InChI=1S/C50H32N2S2/c1-2-12-32(13-3-1)44-30-45(52-50(51-44)40-18-10-14-31-11-4-5-15-36(31)40)41-27-33(34-22-25-48-42(28-34)38-16-6-8-19-46(38)53-48)21-24-37(41)35-23-26-49-43(29-35)39-17-7-9-20-47(39)54-49/h1-31,36H. The number of fused-ring (bicyclic) bond motifs is 7. The molecule has 9 aromatic rings. The van der Waals surface area contributed by atoms with Crippen LogP contribution in [0.25, 0.3) is 90.7 Å². The van der Waals surface area contributed by atoms with E-state index in [1.54, 1.807) is 0 Å². The molecule has 0 N–H and O–H groups in total. The van der Waals surface area contributed by atoms with Crippen molar-refractivity contribution in [3.63, 3.8) is 0 Å². The highest BCUT2D eigenvalue weighted by Gasteiger charge is 2.27. The minimum Gasteiger partial charge on any atom is -0.228 e. The van der Waals surface area contributed by atoms with E-state index in [9.17, 15) is 0 Å². The SMILES string of the molecule is C1=CC2C=CC=C(c3nc(-c4ccccc4)cc(-c4cc(-c5ccc6sc7ccccc7c6c5)ccc4-c4ccc5sc6ccccc6c5c4)n3)C2C=C1. The molecule has 0 radical (unpaired) electrons. The molecule has 11 rings (SSSR count). The van der Waals surface area contributed by atoms with Gasteiger partial charge in [-0.3, -0.25) is 0 Å². The second-order valence-corrected chi connectivity index (χ2v) is 16.3. The molecular formula is C50H32N2S2. The van der Waals surface area contributed by atoms with Crippen LogP contribution in [0.4, 0.5) is 0 Å². The predicted molar refractivity (Wildman–Crippen MR) is 232 cm³/mol. The molecule has 2 aliphatic rings. The quantitative estimate of drug-likeness (QED) is 0.177. The molecule has 2 unspecified atom stereocenters. The zero-order valence-electron chi connectivity index (χ0n) is 29.2. The van der Waals surface area contributed by atoms with E-state index in [4.69, 9.17) is 9.97 Å². The molecule has 4 heteroatoms. The fourth-order valence-electron chi connectivity index (χ4n) is 8.20. The summed E-state index contributed by atoms with van der Waals surface area (Å²) in [5.41, 5.74) is 9.81. The highest BCUT2D eigenvalue weighted by molar-refractivity contribution is 7.26. The lowest BCUT2D eigenvalue weighted by Crippen LogP contribution is -2.16. The van der Waals surface area contributed by atoms with Gasteiger partial charge in [0.25, 0.3) is 0 Å². The Morgan fingerprint density at radius 1 is 0.407 bits per heavy atom. The zero-order chi connectivity index (χ0) is 35.6. The van der Waals surface area contributed by atoms with Crippen molar-refractivity contribution in [1.29, 1.82) is 0 Å². The molecular weight excluding hydrogens is 693 g/mol. The molecule has 0 saturated heterocycles. The third-order valence-corrected chi connectivity index (χ3v) is 13.2. The summed E-state index contributed by atoms with van der Waals surface area (Å²) in [4.78, 5) is 10.8. The van der Waals surface area contributed by atoms with Crippen LogP contribution in [0.5, 0.6) is 0 Å². The van der Waals surface area contributed by atoms with Gasteiger partial charge in [0.2, 0.25) is 0 Å². The first-order valence-corrected chi connectivity index (χ1v) is 20.0. The van der Waals surface area contributed by atoms with Gasteiger partial charge in [0.1, 0.15) is 0 Å². The van der Waals surface area contributed by atoms with Crippen LogP contribution in [0, 0.1) is 11.8 Å². The van der Waals surface area contributed by atoms with E-state index < -0.39 is 0 Å². The Balaban J connectivity index is 1.15. The maximum Gasteiger partial charge on any atom is 0.157 e. The summed E-state index contributed by atoms with van der Waals surface area (Å²) in [5, 5.41) is 5.19. The van der Waals surface area contributed by atoms with E-state index in [2.05, 4.69) is 182 Å². The topological polar surface area (TPSA) is 25.8 Å². The molecule has 2 nitrogen and oxygen atoms in total. The Kier molecular flexibility index (Phi) is 7.39. The second-order valence-electron chi connectivity index (χ2n) is 14.1. The third kappa shape index (κ3) is 5.29. The summed E-state index contributed by atoms with van der Waals surface area (Å²) < 4.78 is 5.23. The molecule has 0 saturated carbocycles. The van der Waals surface area contributed by atoms with Crippen molar-refractivity contribution in [2.75, 3.05) is 0 Å². The lowest BCUT2D eigenvalue weighted by Gasteiger charge is -2.26. The minimum absolute atomic E-state index is 0.186. The molecule has 254 valence electrons. The van der Waals surface area contributed by atoms with E-state index in [0.29, 0.717) is 0 Å². The molecule has 3 heterocycles. The van der Waals surface area contributed by atoms with Crippen LogP contribution in [0.3, 0.4) is 0 Å². The number of allylic oxidation sites excluding steroid dienone is 8. The van der Waals surface area contributed by atoms with Crippen molar-refractivity contribution < 1.29 is 0 Å². The van der Waals surface area contributed by atoms with Gasteiger partial charge in [-0.15, -0.1) is 22.7 Å². The Hall–Kier alpha value is -6.20. The van der Waals surface area contributed by atoms with Crippen LogP contribution < -0.4 is 0 Å². The largest absolute Gasteiger partial charge is 0.228 e. The monoisotopic (exact) mass is 724 g/mol. The fourth-order valence-corrected chi connectivity index (χ4v) is 10.4. The van der Waals surface area contributed by atoms with Crippen molar-refractivity contribution in [2.45, 2.75) is 0 Å². The summed E-state index contributed by atoms with van der Waals surface area (Å²) in [6.45, 7) is 0. The first-order chi connectivity index (χ1) is 26.7. The van der Waals surface area contributed by atoms with Crippen molar-refractivity contribution in [1.82, 2.24) is 9.97 Å². The molecule has 2 aliphatic carbocycles. The molecule has 0 bridgehead atoms.